The number of likely N-dealkylation sites (tertiary alicyclic amines) is 1. The number of amides is 1. The lowest BCUT2D eigenvalue weighted by Crippen LogP contribution is -2.38. The van der Waals surface area contributed by atoms with Crippen molar-refractivity contribution in [3.8, 4) is 5.75 Å². The molecule has 1 aromatic rings. The minimum Gasteiger partial charge on any atom is -0.481 e. The molecule has 1 aliphatic heterocycles. The summed E-state index contributed by atoms with van der Waals surface area (Å²) in [4.78, 5) is 14.1. The first-order valence-electron chi connectivity index (χ1n) is 7.56. The van der Waals surface area contributed by atoms with Gasteiger partial charge < -0.3 is 15.0 Å². The van der Waals surface area contributed by atoms with Crippen LogP contribution in [0.1, 0.15) is 32.3 Å². The Hall–Kier alpha value is -1.62. The highest BCUT2D eigenvalue weighted by Crippen LogP contribution is 2.22. The Kier molecular flexibility index (Phi) is 5.56. The van der Waals surface area contributed by atoms with E-state index in [1.807, 2.05) is 11.8 Å². The third-order valence-corrected chi connectivity index (χ3v) is 3.66. The number of benzene rings is 1. The summed E-state index contributed by atoms with van der Waals surface area (Å²) in [6.45, 7) is 6.66. The van der Waals surface area contributed by atoms with Crippen LogP contribution in [-0.4, -0.2) is 36.5 Å². The van der Waals surface area contributed by atoms with Crippen LogP contribution in [0.2, 0.25) is 0 Å². The van der Waals surface area contributed by atoms with E-state index in [4.69, 9.17) is 4.74 Å². The predicted octanol–water partition coefficient (Wildman–Crippen LogP) is 2.32. The molecule has 4 nitrogen and oxygen atoms in total. The fourth-order valence-electron chi connectivity index (χ4n) is 2.50. The van der Waals surface area contributed by atoms with E-state index in [1.54, 1.807) is 13.0 Å². The normalized spacial score (nSPS) is 16.0. The quantitative estimate of drug-likeness (QED) is 0.875. The van der Waals surface area contributed by atoms with Crippen LogP contribution in [0, 0.1) is 5.82 Å². The summed E-state index contributed by atoms with van der Waals surface area (Å²) in [5.74, 6) is 0.275. The van der Waals surface area contributed by atoms with E-state index in [0.717, 1.165) is 38.0 Å². The van der Waals surface area contributed by atoms with Gasteiger partial charge in [0.15, 0.2) is 6.10 Å². The Bertz CT molecular complexity index is 487. The smallest absolute Gasteiger partial charge is 0.263 e. The second-order valence-corrected chi connectivity index (χ2v) is 5.32. The lowest BCUT2D eigenvalue weighted by Gasteiger charge is -2.22. The Morgan fingerprint density at radius 1 is 1.43 bits per heavy atom. The lowest BCUT2D eigenvalue weighted by molar-refractivity contribution is -0.136. The van der Waals surface area contributed by atoms with Gasteiger partial charge in [0.05, 0.1) is 0 Å². The van der Waals surface area contributed by atoms with Crippen molar-refractivity contribution >= 4 is 5.91 Å². The molecule has 1 saturated heterocycles. The summed E-state index contributed by atoms with van der Waals surface area (Å²) in [5, 5.41) is 3.15. The fraction of sp³-hybridized carbons (Fsp3) is 0.562. The molecule has 5 heteroatoms. The molecular formula is C16H23FN2O2. The molecule has 1 aliphatic rings. The second kappa shape index (κ2) is 7.41. The Morgan fingerprint density at radius 2 is 2.14 bits per heavy atom. The molecule has 1 heterocycles. The Morgan fingerprint density at radius 3 is 2.81 bits per heavy atom. The lowest BCUT2D eigenvalue weighted by atomic mass is 10.2. The molecule has 0 aliphatic carbocycles. The summed E-state index contributed by atoms with van der Waals surface area (Å²) in [7, 11) is 0. The van der Waals surface area contributed by atoms with Crippen molar-refractivity contribution in [3.05, 3.63) is 29.6 Å². The van der Waals surface area contributed by atoms with Gasteiger partial charge in [-0.3, -0.25) is 4.79 Å². The molecule has 0 radical (unpaired) electrons. The van der Waals surface area contributed by atoms with Crippen molar-refractivity contribution in [2.75, 3.05) is 19.6 Å². The van der Waals surface area contributed by atoms with Crippen molar-refractivity contribution in [2.45, 2.75) is 39.3 Å². The van der Waals surface area contributed by atoms with Crippen molar-refractivity contribution in [2.24, 2.45) is 0 Å². The number of carbonyl (C=O) groups is 1. The van der Waals surface area contributed by atoms with Gasteiger partial charge in [-0.25, -0.2) is 4.39 Å². The first kappa shape index (κ1) is 15.8. The topological polar surface area (TPSA) is 41.6 Å². The summed E-state index contributed by atoms with van der Waals surface area (Å²) in [5.41, 5.74) is 0.734. The van der Waals surface area contributed by atoms with Crippen molar-refractivity contribution in [3.63, 3.8) is 0 Å². The number of nitrogens with one attached hydrogen (secondary N) is 1. The first-order valence-corrected chi connectivity index (χ1v) is 7.56. The van der Waals surface area contributed by atoms with Crippen LogP contribution >= 0.6 is 0 Å². The average molecular weight is 294 g/mol. The molecule has 1 aromatic carbocycles. The van der Waals surface area contributed by atoms with Crippen LogP contribution in [0.4, 0.5) is 4.39 Å². The van der Waals surface area contributed by atoms with Gasteiger partial charge in [0.2, 0.25) is 0 Å². The van der Waals surface area contributed by atoms with Gasteiger partial charge >= 0.3 is 0 Å². The van der Waals surface area contributed by atoms with E-state index in [0.29, 0.717) is 12.3 Å². The number of rotatable bonds is 6. The van der Waals surface area contributed by atoms with Gasteiger partial charge in [0.25, 0.3) is 5.91 Å². The van der Waals surface area contributed by atoms with E-state index in [1.165, 1.54) is 12.1 Å². The standard InChI is InChI=1S/C16H23FN2O2/c1-3-18-11-13-10-14(17)6-7-15(13)21-12(2)16(20)19-8-4-5-9-19/h6-7,10,12,18H,3-5,8-9,11H2,1-2H3. The van der Waals surface area contributed by atoms with Gasteiger partial charge in [0.1, 0.15) is 11.6 Å². The number of ether oxygens (including phenoxy) is 1. The number of carbonyl (C=O) groups excluding carboxylic acids is 1. The van der Waals surface area contributed by atoms with Gasteiger partial charge in [-0.2, -0.15) is 0 Å². The number of hydrogen-bond acceptors (Lipinski definition) is 3. The van der Waals surface area contributed by atoms with Gasteiger partial charge in [-0.15, -0.1) is 0 Å². The van der Waals surface area contributed by atoms with E-state index in [9.17, 15) is 9.18 Å². The maximum atomic E-state index is 13.4. The third-order valence-electron chi connectivity index (χ3n) is 3.66. The van der Waals surface area contributed by atoms with E-state index in [2.05, 4.69) is 5.32 Å². The summed E-state index contributed by atoms with van der Waals surface area (Å²) in [6.07, 6.45) is 1.57. The molecule has 1 amide bonds. The predicted molar refractivity (Wildman–Crippen MR) is 79.7 cm³/mol. The molecular weight excluding hydrogens is 271 g/mol. The minimum atomic E-state index is -0.547. The molecule has 1 atom stereocenters. The van der Waals surface area contributed by atoms with Crippen molar-refractivity contribution < 1.29 is 13.9 Å². The van der Waals surface area contributed by atoms with Crippen LogP contribution in [0.3, 0.4) is 0 Å². The molecule has 0 bridgehead atoms. The highest BCUT2D eigenvalue weighted by molar-refractivity contribution is 5.81. The second-order valence-electron chi connectivity index (χ2n) is 5.32. The number of hydrogen-bond donors (Lipinski definition) is 1. The monoisotopic (exact) mass is 294 g/mol. The zero-order valence-electron chi connectivity index (χ0n) is 12.7. The van der Waals surface area contributed by atoms with Crippen molar-refractivity contribution in [1.82, 2.24) is 10.2 Å². The van der Waals surface area contributed by atoms with Crippen LogP contribution in [0.5, 0.6) is 5.75 Å². The number of halogens is 1. The van der Waals surface area contributed by atoms with Crippen LogP contribution in [0.25, 0.3) is 0 Å². The molecule has 21 heavy (non-hydrogen) atoms. The van der Waals surface area contributed by atoms with Crippen LogP contribution in [0.15, 0.2) is 18.2 Å². The van der Waals surface area contributed by atoms with E-state index in [-0.39, 0.29) is 11.7 Å². The molecule has 1 unspecified atom stereocenters. The largest absolute Gasteiger partial charge is 0.481 e. The molecule has 1 N–H and O–H groups in total. The number of nitrogens with zero attached hydrogens (tertiary/aromatic N) is 1. The SMILES string of the molecule is CCNCc1cc(F)ccc1OC(C)C(=O)N1CCCC1. The Balaban J connectivity index is 2.05. The van der Waals surface area contributed by atoms with Crippen LogP contribution in [-0.2, 0) is 11.3 Å². The molecule has 0 saturated carbocycles. The molecule has 0 aromatic heterocycles. The van der Waals surface area contributed by atoms with Crippen molar-refractivity contribution in [1.29, 1.82) is 0 Å². The zero-order valence-corrected chi connectivity index (χ0v) is 12.7. The molecule has 2 rings (SSSR count). The van der Waals surface area contributed by atoms with Gasteiger partial charge in [0, 0.05) is 25.2 Å². The van der Waals surface area contributed by atoms with Gasteiger partial charge in [-0.1, -0.05) is 6.92 Å². The fourth-order valence-corrected chi connectivity index (χ4v) is 2.50. The Labute approximate surface area is 125 Å². The zero-order chi connectivity index (χ0) is 15.2. The summed E-state index contributed by atoms with van der Waals surface area (Å²) < 4.78 is 19.1. The average Bonchev–Trinajstić information content (AvgIpc) is 3.00. The van der Waals surface area contributed by atoms with E-state index >= 15 is 0 Å². The summed E-state index contributed by atoms with van der Waals surface area (Å²) >= 11 is 0. The maximum absolute atomic E-state index is 13.4. The van der Waals surface area contributed by atoms with E-state index < -0.39 is 6.10 Å². The first-order chi connectivity index (χ1) is 10.1. The summed E-state index contributed by atoms with van der Waals surface area (Å²) in [6, 6.07) is 4.40. The molecule has 1 fully saturated rings. The third kappa shape index (κ3) is 4.17. The highest BCUT2D eigenvalue weighted by atomic mass is 19.1. The van der Waals surface area contributed by atoms with Gasteiger partial charge in [-0.05, 0) is 44.5 Å². The molecule has 0 spiro atoms. The molecule has 116 valence electrons. The van der Waals surface area contributed by atoms with Crippen LogP contribution < -0.4 is 10.1 Å². The minimum absolute atomic E-state index is 0.00576. The maximum Gasteiger partial charge on any atom is 0.263 e. The highest BCUT2D eigenvalue weighted by Gasteiger charge is 2.25.